The van der Waals surface area contributed by atoms with Gasteiger partial charge in [0.25, 0.3) is 5.91 Å². The Morgan fingerprint density at radius 3 is 2.90 bits per heavy atom. The molecule has 7 nitrogen and oxygen atoms in total. The maximum Gasteiger partial charge on any atom is 0.264 e. The van der Waals surface area contributed by atoms with Gasteiger partial charge in [-0.15, -0.1) is 0 Å². The van der Waals surface area contributed by atoms with E-state index in [0.717, 1.165) is 0 Å². The molecule has 1 aromatic carbocycles. The second kappa shape index (κ2) is 5.68. The Balaban J connectivity index is 2.29. The molecule has 0 aromatic heterocycles. The number of carbonyl (C=O) groups excluding carboxylic acids is 1. The van der Waals surface area contributed by atoms with E-state index in [1.807, 2.05) is 0 Å². The molecule has 0 saturated carbocycles. The first kappa shape index (κ1) is 14.6. The number of hydrogen-bond acceptors (Lipinski definition) is 5. The number of hydrogen-bond donors (Lipinski definition) is 1. The molecule has 20 heavy (non-hydrogen) atoms. The van der Waals surface area contributed by atoms with Gasteiger partial charge in [0.15, 0.2) is 12.4 Å². The lowest BCUT2D eigenvalue weighted by molar-refractivity contribution is -0.120. The molecule has 0 atom stereocenters. The van der Waals surface area contributed by atoms with Crippen molar-refractivity contribution in [1.29, 1.82) is 0 Å². The highest BCUT2D eigenvalue weighted by atomic mass is 32.2. The van der Waals surface area contributed by atoms with Gasteiger partial charge in [-0.25, -0.2) is 8.42 Å². The molecule has 1 aliphatic heterocycles. The van der Waals surface area contributed by atoms with Gasteiger partial charge in [-0.2, -0.15) is 0 Å². The van der Waals surface area contributed by atoms with Crippen LogP contribution in [0, 0.1) is 0 Å². The molecule has 0 saturated heterocycles. The van der Waals surface area contributed by atoms with E-state index in [-0.39, 0.29) is 24.9 Å². The molecule has 8 heteroatoms. The molecule has 1 N–H and O–H groups in total. The predicted octanol–water partition coefficient (Wildman–Crippen LogP) is 0.430. The van der Waals surface area contributed by atoms with Crippen LogP contribution >= 0.6 is 0 Å². The zero-order valence-electron chi connectivity index (χ0n) is 11.3. The smallest absolute Gasteiger partial charge is 0.264 e. The van der Waals surface area contributed by atoms with Crippen molar-refractivity contribution in [3.05, 3.63) is 18.2 Å². The average Bonchev–Trinajstić information content (AvgIpc) is 2.41. The van der Waals surface area contributed by atoms with Crippen LogP contribution in [0.25, 0.3) is 0 Å². The number of sulfonamides is 1. The van der Waals surface area contributed by atoms with Crippen LogP contribution < -0.4 is 14.4 Å². The number of anilines is 2. The number of benzene rings is 1. The van der Waals surface area contributed by atoms with Gasteiger partial charge in [-0.3, -0.25) is 9.52 Å². The number of methoxy groups -OCH3 is 1. The molecule has 1 heterocycles. The van der Waals surface area contributed by atoms with Crippen LogP contribution in [0.2, 0.25) is 0 Å². The minimum atomic E-state index is -3.52. The molecule has 1 aliphatic rings. The van der Waals surface area contributed by atoms with E-state index in [2.05, 4.69) is 4.72 Å². The summed E-state index contributed by atoms with van der Waals surface area (Å²) in [5.74, 6) is 0.0227. The van der Waals surface area contributed by atoms with E-state index >= 15 is 0 Å². The van der Waals surface area contributed by atoms with E-state index in [1.165, 1.54) is 12.0 Å². The van der Waals surface area contributed by atoms with Gasteiger partial charge in [-0.1, -0.05) is 6.07 Å². The summed E-state index contributed by atoms with van der Waals surface area (Å²) in [6, 6.07) is 4.94. The minimum absolute atomic E-state index is 0.101. The van der Waals surface area contributed by atoms with Crippen LogP contribution in [0.15, 0.2) is 18.2 Å². The fourth-order valence-corrected chi connectivity index (χ4v) is 2.78. The third-order valence-corrected chi connectivity index (χ3v) is 4.13. The molecule has 0 bridgehead atoms. The number of carbonyl (C=O) groups is 1. The minimum Gasteiger partial charge on any atom is -0.479 e. The lowest BCUT2D eigenvalue weighted by Gasteiger charge is -2.27. The standard InChI is InChI=1S/C12H16N2O5S/c1-14-10-5-3-4-9(12(10)19-8-11(14)15)13-20(16,17)7-6-18-2/h3-5,13H,6-8H2,1-2H3. The number of amides is 1. The Bertz CT molecular complexity index is 614. The summed E-state index contributed by atoms with van der Waals surface area (Å²) in [7, 11) is -0.468. The predicted molar refractivity (Wildman–Crippen MR) is 74.6 cm³/mol. The van der Waals surface area contributed by atoms with Crippen molar-refractivity contribution in [3.8, 4) is 5.75 Å². The summed E-state index contributed by atoms with van der Waals surface area (Å²) in [6.45, 7) is -0.0100. The van der Waals surface area contributed by atoms with Crippen LogP contribution in [0.5, 0.6) is 5.75 Å². The summed E-state index contributed by atoms with van der Waals surface area (Å²) in [4.78, 5) is 13.0. The first-order chi connectivity index (χ1) is 9.44. The average molecular weight is 300 g/mol. The van der Waals surface area contributed by atoms with E-state index in [1.54, 1.807) is 25.2 Å². The summed E-state index contributed by atoms with van der Waals surface area (Å²) >= 11 is 0. The van der Waals surface area contributed by atoms with Gasteiger partial charge in [0.05, 0.1) is 23.7 Å². The molecule has 0 unspecified atom stereocenters. The molecule has 1 amide bonds. The lowest BCUT2D eigenvalue weighted by atomic mass is 10.2. The zero-order chi connectivity index (χ0) is 14.8. The molecule has 1 aromatic rings. The largest absolute Gasteiger partial charge is 0.479 e. The van der Waals surface area contributed by atoms with Crippen LogP contribution in [0.4, 0.5) is 11.4 Å². The number of likely N-dealkylation sites (N-methyl/N-ethyl adjacent to an activating group) is 1. The van der Waals surface area contributed by atoms with Crippen LogP contribution in [0.3, 0.4) is 0 Å². The Kier molecular flexibility index (Phi) is 4.15. The Morgan fingerprint density at radius 2 is 2.20 bits per heavy atom. The fourth-order valence-electron chi connectivity index (χ4n) is 1.80. The maximum atomic E-state index is 11.9. The van der Waals surface area contributed by atoms with Gasteiger partial charge >= 0.3 is 0 Å². The van der Waals surface area contributed by atoms with Crippen molar-refractivity contribution in [1.82, 2.24) is 0 Å². The van der Waals surface area contributed by atoms with Crippen LogP contribution in [-0.4, -0.2) is 47.4 Å². The Morgan fingerprint density at radius 1 is 1.45 bits per heavy atom. The SMILES string of the molecule is COCCS(=O)(=O)Nc1cccc2c1OCC(=O)N2C. The first-order valence-electron chi connectivity index (χ1n) is 5.96. The number of nitrogens with one attached hydrogen (secondary N) is 1. The monoisotopic (exact) mass is 300 g/mol. The number of fused-ring (bicyclic) bond motifs is 1. The van der Waals surface area contributed by atoms with Crippen molar-refractivity contribution >= 4 is 27.3 Å². The maximum absolute atomic E-state index is 11.9. The van der Waals surface area contributed by atoms with Gasteiger partial charge in [0, 0.05) is 14.2 Å². The lowest BCUT2D eigenvalue weighted by Crippen LogP contribution is -2.35. The summed E-state index contributed by atoms with van der Waals surface area (Å²) < 4.78 is 36.3. The highest BCUT2D eigenvalue weighted by Gasteiger charge is 2.25. The summed E-state index contributed by atoms with van der Waals surface area (Å²) in [5, 5.41) is 0. The van der Waals surface area contributed by atoms with Gasteiger partial charge in [0.1, 0.15) is 0 Å². The number of para-hydroxylation sites is 1. The second-order valence-electron chi connectivity index (χ2n) is 4.31. The molecular weight excluding hydrogens is 284 g/mol. The molecule has 0 aliphatic carbocycles. The van der Waals surface area contributed by atoms with Crippen molar-refractivity contribution in [2.45, 2.75) is 0 Å². The highest BCUT2D eigenvalue weighted by Crippen LogP contribution is 2.38. The summed E-state index contributed by atoms with van der Waals surface area (Å²) in [5.41, 5.74) is 0.853. The van der Waals surface area contributed by atoms with Gasteiger partial charge < -0.3 is 14.4 Å². The molecular formula is C12H16N2O5S. The molecule has 0 spiro atoms. The quantitative estimate of drug-likeness (QED) is 0.852. The van der Waals surface area contributed by atoms with E-state index in [0.29, 0.717) is 17.1 Å². The second-order valence-corrected chi connectivity index (χ2v) is 6.15. The topological polar surface area (TPSA) is 84.9 Å². The van der Waals surface area contributed by atoms with E-state index < -0.39 is 10.0 Å². The first-order valence-corrected chi connectivity index (χ1v) is 7.61. The molecule has 110 valence electrons. The highest BCUT2D eigenvalue weighted by molar-refractivity contribution is 7.92. The normalized spacial score (nSPS) is 14.7. The fraction of sp³-hybridized carbons (Fsp3) is 0.417. The van der Waals surface area contributed by atoms with E-state index in [9.17, 15) is 13.2 Å². The third-order valence-electron chi connectivity index (χ3n) is 2.89. The molecule has 2 rings (SSSR count). The van der Waals surface area contributed by atoms with Crippen molar-refractivity contribution in [2.75, 3.05) is 42.7 Å². The van der Waals surface area contributed by atoms with Crippen molar-refractivity contribution in [2.24, 2.45) is 0 Å². The zero-order valence-corrected chi connectivity index (χ0v) is 12.1. The summed E-state index contributed by atoms with van der Waals surface area (Å²) in [6.07, 6.45) is 0. The number of ether oxygens (including phenoxy) is 2. The molecule has 0 fully saturated rings. The van der Waals surface area contributed by atoms with Crippen LogP contribution in [-0.2, 0) is 19.6 Å². The third kappa shape index (κ3) is 3.02. The number of rotatable bonds is 5. The van der Waals surface area contributed by atoms with Gasteiger partial charge in [-0.05, 0) is 12.1 Å². The van der Waals surface area contributed by atoms with Crippen molar-refractivity contribution < 1.29 is 22.7 Å². The van der Waals surface area contributed by atoms with Gasteiger partial charge in [0.2, 0.25) is 10.0 Å². The Hall–Kier alpha value is -1.80. The van der Waals surface area contributed by atoms with Crippen molar-refractivity contribution in [3.63, 3.8) is 0 Å². The van der Waals surface area contributed by atoms with Crippen LogP contribution in [0.1, 0.15) is 0 Å². The Labute approximate surface area is 117 Å². The molecule has 0 radical (unpaired) electrons. The van der Waals surface area contributed by atoms with E-state index in [4.69, 9.17) is 9.47 Å². The number of nitrogens with zero attached hydrogens (tertiary/aromatic N) is 1.